The third-order valence-corrected chi connectivity index (χ3v) is 1.60. The summed E-state index contributed by atoms with van der Waals surface area (Å²) in [5.41, 5.74) is 1.30. The molecule has 1 heterocycles. The topological polar surface area (TPSA) is 29.6 Å². The van der Waals surface area contributed by atoms with E-state index in [9.17, 15) is 0 Å². The summed E-state index contributed by atoms with van der Waals surface area (Å²) in [6.45, 7) is 4.02. The molecular weight excluding hydrogens is 164 g/mol. The van der Waals surface area contributed by atoms with Crippen LogP contribution in [0.1, 0.15) is 11.7 Å². The van der Waals surface area contributed by atoms with E-state index in [0.717, 1.165) is 6.61 Å². The molecule has 1 unspecified atom stereocenters. The average Bonchev–Trinajstić information content (AvgIpc) is 3.03. The first kappa shape index (κ1) is 9.68. The summed E-state index contributed by atoms with van der Waals surface area (Å²) < 4.78 is 5.09. The first-order valence-electron chi connectivity index (χ1n) is 4.11. The molecule has 2 rings (SSSR count). The van der Waals surface area contributed by atoms with Crippen molar-refractivity contribution in [1.29, 1.82) is 0 Å². The fraction of sp³-hybridized carbons (Fsp3) is 0.182. The van der Waals surface area contributed by atoms with Crippen molar-refractivity contribution in [2.24, 2.45) is 0 Å². The molecule has 1 aliphatic heterocycles. The number of carbonyl (C=O) groups excluding carboxylic acids is 1. The summed E-state index contributed by atoms with van der Waals surface area (Å²) >= 11 is 0. The number of hydrogen-bond donors (Lipinski definition) is 0. The Labute approximate surface area is 77.8 Å². The fourth-order valence-electron chi connectivity index (χ4n) is 0.908. The standard InChI is InChI=1S/C8H8O.C3H4O/c1-2-4-7(5-3-1)8-6-9-8;1-2-3-4/h1-5,8H,6H2;2-3H,1H2. The van der Waals surface area contributed by atoms with Crippen LogP contribution in [0.5, 0.6) is 0 Å². The van der Waals surface area contributed by atoms with Crippen LogP contribution in [-0.4, -0.2) is 12.9 Å². The highest BCUT2D eigenvalue weighted by molar-refractivity contribution is 5.63. The van der Waals surface area contributed by atoms with Gasteiger partial charge < -0.3 is 4.74 Å². The Balaban J connectivity index is 0.000000184. The molecule has 0 amide bonds. The zero-order chi connectivity index (χ0) is 9.52. The van der Waals surface area contributed by atoms with Crippen LogP contribution < -0.4 is 0 Å². The van der Waals surface area contributed by atoms with E-state index in [0.29, 0.717) is 12.4 Å². The lowest BCUT2D eigenvalue weighted by atomic mass is 10.2. The third kappa shape index (κ3) is 3.67. The van der Waals surface area contributed by atoms with E-state index in [1.165, 1.54) is 11.6 Å². The monoisotopic (exact) mass is 176 g/mol. The van der Waals surface area contributed by atoms with Crippen molar-refractivity contribution in [2.45, 2.75) is 6.10 Å². The van der Waals surface area contributed by atoms with Gasteiger partial charge in [0.05, 0.1) is 6.61 Å². The second-order valence-corrected chi connectivity index (χ2v) is 2.60. The summed E-state index contributed by atoms with van der Waals surface area (Å²) in [4.78, 5) is 9.06. The van der Waals surface area contributed by atoms with Crippen LogP contribution in [0.25, 0.3) is 0 Å². The van der Waals surface area contributed by atoms with Crippen LogP contribution in [0, 0.1) is 0 Å². The van der Waals surface area contributed by atoms with Crippen LogP contribution in [0.2, 0.25) is 0 Å². The van der Waals surface area contributed by atoms with Crippen LogP contribution in [0.15, 0.2) is 43.0 Å². The van der Waals surface area contributed by atoms with Crippen molar-refractivity contribution in [1.82, 2.24) is 0 Å². The summed E-state index contributed by atoms with van der Waals surface area (Å²) in [5, 5.41) is 0. The Morgan fingerprint density at radius 1 is 1.38 bits per heavy atom. The van der Waals surface area contributed by atoms with Crippen LogP contribution in [-0.2, 0) is 9.53 Å². The van der Waals surface area contributed by atoms with Crippen molar-refractivity contribution < 1.29 is 9.53 Å². The molecule has 0 N–H and O–H groups in total. The molecule has 1 aromatic carbocycles. The largest absolute Gasteiger partial charge is 0.368 e. The van der Waals surface area contributed by atoms with Gasteiger partial charge in [0.1, 0.15) is 12.4 Å². The van der Waals surface area contributed by atoms with Crippen LogP contribution in [0.4, 0.5) is 0 Å². The van der Waals surface area contributed by atoms with Gasteiger partial charge in [-0.15, -0.1) is 0 Å². The molecule has 0 radical (unpaired) electrons. The minimum absolute atomic E-state index is 0.409. The molecule has 1 aliphatic rings. The molecule has 2 heteroatoms. The zero-order valence-electron chi connectivity index (χ0n) is 7.35. The van der Waals surface area contributed by atoms with E-state index in [1.807, 2.05) is 18.2 Å². The maximum atomic E-state index is 9.06. The molecule has 0 bridgehead atoms. The molecule has 1 atom stereocenters. The maximum absolute atomic E-state index is 9.06. The molecule has 2 nitrogen and oxygen atoms in total. The van der Waals surface area contributed by atoms with Crippen molar-refractivity contribution in [3.8, 4) is 0 Å². The van der Waals surface area contributed by atoms with E-state index in [2.05, 4.69) is 18.7 Å². The molecule has 0 spiro atoms. The fourth-order valence-corrected chi connectivity index (χ4v) is 0.908. The lowest BCUT2D eigenvalue weighted by Crippen LogP contribution is -1.75. The highest BCUT2D eigenvalue weighted by atomic mass is 16.6. The number of ether oxygens (including phenoxy) is 1. The summed E-state index contributed by atoms with van der Waals surface area (Å²) in [6, 6.07) is 10.3. The van der Waals surface area contributed by atoms with Crippen molar-refractivity contribution >= 4 is 6.29 Å². The van der Waals surface area contributed by atoms with Crippen molar-refractivity contribution in [2.75, 3.05) is 6.61 Å². The van der Waals surface area contributed by atoms with Crippen LogP contribution in [0.3, 0.4) is 0 Å². The Morgan fingerprint density at radius 2 is 1.92 bits per heavy atom. The van der Waals surface area contributed by atoms with E-state index >= 15 is 0 Å². The molecule has 0 aliphatic carbocycles. The predicted molar refractivity (Wildman–Crippen MR) is 51.4 cm³/mol. The maximum Gasteiger partial charge on any atom is 0.142 e. The minimum atomic E-state index is 0.409. The molecular formula is C11H12O2. The summed E-state index contributed by atoms with van der Waals surface area (Å²) in [7, 11) is 0. The van der Waals surface area contributed by atoms with Gasteiger partial charge >= 0.3 is 0 Å². The van der Waals surface area contributed by atoms with Crippen molar-refractivity contribution in [3.05, 3.63) is 48.6 Å². The first-order valence-corrected chi connectivity index (χ1v) is 4.11. The van der Waals surface area contributed by atoms with Gasteiger partial charge in [0.2, 0.25) is 0 Å². The average molecular weight is 176 g/mol. The van der Waals surface area contributed by atoms with Crippen LogP contribution >= 0.6 is 0 Å². The highest BCUT2D eigenvalue weighted by Crippen LogP contribution is 2.28. The number of allylic oxidation sites excluding steroid dienone is 1. The minimum Gasteiger partial charge on any atom is -0.368 e. The SMILES string of the molecule is C=CC=O.c1ccc(C2CO2)cc1. The summed E-state index contributed by atoms with van der Waals surface area (Å²) in [6.07, 6.45) is 2.24. The molecule has 68 valence electrons. The predicted octanol–water partition coefficient (Wildman–Crippen LogP) is 2.13. The number of benzene rings is 1. The quantitative estimate of drug-likeness (QED) is 0.392. The number of epoxide rings is 1. The second kappa shape index (κ2) is 5.27. The Kier molecular flexibility index (Phi) is 3.93. The molecule has 0 saturated carbocycles. The smallest absolute Gasteiger partial charge is 0.142 e. The molecule has 1 fully saturated rings. The first-order chi connectivity index (χ1) is 6.38. The lowest BCUT2D eigenvalue weighted by Gasteiger charge is -1.89. The normalized spacial score (nSPS) is 18.0. The summed E-state index contributed by atoms with van der Waals surface area (Å²) in [5.74, 6) is 0. The van der Waals surface area contributed by atoms with Gasteiger partial charge in [0.25, 0.3) is 0 Å². The number of carbonyl (C=O) groups is 1. The van der Waals surface area contributed by atoms with Gasteiger partial charge in [-0.1, -0.05) is 36.9 Å². The third-order valence-electron chi connectivity index (χ3n) is 1.60. The Bertz CT molecular complexity index is 257. The van der Waals surface area contributed by atoms with Gasteiger partial charge in [-0.2, -0.15) is 0 Å². The lowest BCUT2D eigenvalue weighted by molar-refractivity contribution is -0.104. The van der Waals surface area contributed by atoms with Gasteiger partial charge in [-0.25, -0.2) is 0 Å². The molecule has 0 aromatic heterocycles. The van der Waals surface area contributed by atoms with Crippen molar-refractivity contribution in [3.63, 3.8) is 0 Å². The van der Waals surface area contributed by atoms with Gasteiger partial charge in [-0.3, -0.25) is 4.79 Å². The van der Waals surface area contributed by atoms with E-state index in [1.54, 1.807) is 0 Å². The van der Waals surface area contributed by atoms with E-state index in [4.69, 9.17) is 9.53 Å². The van der Waals surface area contributed by atoms with Gasteiger partial charge in [0, 0.05) is 0 Å². The second-order valence-electron chi connectivity index (χ2n) is 2.60. The van der Waals surface area contributed by atoms with Gasteiger partial charge in [0.15, 0.2) is 0 Å². The molecule has 13 heavy (non-hydrogen) atoms. The number of aldehydes is 1. The molecule has 1 aromatic rings. The molecule has 1 saturated heterocycles. The van der Waals surface area contributed by atoms with Gasteiger partial charge in [-0.05, 0) is 11.6 Å². The Morgan fingerprint density at radius 3 is 2.31 bits per heavy atom. The Hall–Kier alpha value is -1.41. The highest BCUT2D eigenvalue weighted by Gasteiger charge is 2.23. The zero-order valence-corrected chi connectivity index (χ0v) is 7.35. The van der Waals surface area contributed by atoms with E-state index in [-0.39, 0.29) is 0 Å². The van der Waals surface area contributed by atoms with E-state index < -0.39 is 0 Å². The number of rotatable bonds is 2. The number of hydrogen-bond acceptors (Lipinski definition) is 2.